The van der Waals surface area contributed by atoms with Crippen LogP contribution in [0.1, 0.15) is 30.9 Å². The average Bonchev–Trinajstić information content (AvgIpc) is 3.01. The van der Waals surface area contributed by atoms with Crippen LogP contribution in [0.25, 0.3) is 0 Å². The number of benzene rings is 1. The SMILES string of the molecule is CC12CCC(=O)N1C(C(=O)NCc1cccc(C(F)(F)F)c1)CS2. The lowest BCUT2D eigenvalue weighted by atomic mass is 10.1. The lowest BCUT2D eigenvalue weighted by Crippen LogP contribution is -2.49. The maximum atomic E-state index is 12.7. The van der Waals surface area contributed by atoms with Gasteiger partial charge in [-0.1, -0.05) is 12.1 Å². The first-order valence-electron chi connectivity index (χ1n) is 7.61. The van der Waals surface area contributed by atoms with Crippen LogP contribution in [-0.2, 0) is 22.3 Å². The van der Waals surface area contributed by atoms with Crippen molar-refractivity contribution in [1.82, 2.24) is 10.2 Å². The highest BCUT2D eigenvalue weighted by Gasteiger charge is 2.52. The van der Waals surface area contributed by atoms with Crippen molar-refractivity contribution in [1.29, 1.82) is 0 Å². The number of alkyl halides is 3. The highest BCUT2D eigenvalue weighted by molar-refractivity contribution is 8.01. The summed E-state index contributed by atoms with van der Waals surface area (Å²) in [5.41, 5.74) is -0.368. The Kier molecular flexibility index (Phi) is 4.27. The Morgan fingerprint density at radius 3 is 2.92 bits per heavy atom. The Morgan fingerprint density at radius 2 is 2.21 bits per heavy atom. The smallest absolute Gasteiger partial charge is 0.350 e. The summed E-state index contributed by atoms with van der Waals surface area (Å²) in [5, 5.41) is 2.66. The Labute approximate surface area is 141 Å². The highest BCUT2D eigenvalue weighted by Crippen LogP contribution is 2.47. The molecule has 0 aliphatic carbocycles. The Hall–Kier alpha value is -1.70. The van der Waals surface area contributed by atoms with E-state index < -0.39 is 17.8 Å². The van der Waals surface area contributed by atoms with Crippen LogP contribution in [0.4, 0.5) is 13.2 Å². The first-order chi connectivity index (χ1) is 11.2. The monoisotopic (exact) mass is 358 g/mol. The molecule has 2 heterocycles. The lowest BCUT2D eigenvalue weighted by molar-refractivity contribution is -0.138. The van der Waals surface area contributed by atoms with Crippen molar-refractivity contribution in [3.05, 3.63) is 35.4 Å². The van der Waals surface area contributed by atoms with Gasteiger partial charge in [0.25, 0.3) is 0 Å². The van der Waals surface area contributed by atoms with Crippen molar-refractivity contribution < 1.29 is 22.8 Å². The maximum Gasteiger partial charge on any atom is 0.416 e. The van der Waals surface area contributed by atoms with Crippen molar-refractivity contribution in [2.45, 2.75) is 43.4 Å². The highest BCUT2D eigenvalue weighted by atomic mass is 32.2. The van der Waals surface area contributed by atoms with Gasteiger partial charge in [0.15, 0.2) is 0 Å². The summed E-state index contributed by atoms with van der Waals surface area (Å²) in [7, 11) is 0. The van der Waals surface area contributed by atoms with Crippen molar-refractivity contribution in [3.63, 3.8) is 0 Å². The second-order valence-electron chi connectivity index (χ2n) is 6.18. The predicted octanol–water partition coefficient (Wildman–Crippen LogP) is 2.78. The molecule has 2 aliphatic heterocycles. The number of rotatable bonds is 3. The van der Waals surface area contributed by atoms with Gasteiger partial charge >= 0.3 is 6.18 Å². The van der Waals surface area contributed by atoms with Gasteiger partial charge in [-0.15, -0.1) is 11.8 Å². The van der Waals surface area contributed by atoms with Gasteiger partial charge in [-0.3, -0.25) is 9.59 Å². The molecule has 2 amide bonds. The summed E-state index contributed by atoms with van der Waals surface area (Å²) in [4.78, 5) is 25.7. The summed E-state index contributed by atoms with van der Waals surface area (Å²) in [6.07, 6.45) is -3.26. The molecule has 0 radical (unpaired) electrons. The molecule has 24 heavy (non-hydrogen) atoms. The van der Waals surface area contributed by atoms with E-state index in [0.717, 1.165) is 12.1 Å². The summed E-state index contributed by atoms with van der Waals surface area (Å²) < 4.78 is 38.1. The summed E-state index contributed by atoms with van der Waals surface area (Å²) in [5.74, 6) is 0.150. The molecule has 1 aromatic rings. The number of halogens is 3. The molecule has 2 saturated heterocycles. The van der Waals surface area contributed by atoms with Gasteiger partial charge in [-0.25, -0.2) is 0 Å². The first kappa shape index (κ1) is 17.1. The van der Waals surface area contributed by atoms with Crippen molar-refractivity contribution in [2.24, 2.45) is 0 Å². The molecule has 2 unspecified atom stereocenters. The zero-order valence-electron chi connectivity index (χ0n) is 13.0. The second-order valence-corrected chi connectivity index (χ2v) is 7.68. The molecule has 0 saturated carbocycles. The van der Waals surface area contributed by atoms with E-state index in [1.165, 1.54) is 12.1 Å². The molecular weight excluding hydrogens is 341 g/mol. The van der Waals surface area contributed by atoms with E-state index in [-0.39, 0.29) is 23.2 Å². The molecule has 1 N–H and O–H groups in total. The van der Waals surface area contributed by atoms with E-state index in [9.17, 15) is 22.8 Å². The van der Waals surface area contributed by atoms with Crippen LogP contribution >= 0.6 is 11.8 Å². The normalized spacial score (nSPS) is 26.6. The van der Waals surface area contributed by atoms with Crippen molar-refractivity contribution in [3.8, 4) is 0 Å². The van der Waals surface area contributed by atoms with Crippen LogP contribution < -0.4 is 5.32 Å². The zero-order chi connectivity index (χ0) is 17.5. The van der Waals surface area contributed by atoms with Crippen LogP contribution in [0, 0.1) is 0 Å². The fourth-order valence-electron chi connectivity index (χ4n) is 3.18. The van der Waals surface area contributed by atoms with Crippen LogP contribution in [0.15, 0.2) is 24.3 Å². The van der Waals surface area contributed by atoms with E-state index in [4.69, 9.17) is 0 Å². The van der Waals surface area contributed by atoms with Crippen LogP contribution in [0.2, 0.25) is 0 Å². The molecule has 0 aromatic heterocycles. The molecular formula is C16H17F3N2O2S. The molecule has 3 rings (SSSR count). The Morgan fingerprint density at radius 1 is 1.46 bits per heavy atom. The minimum Gasteiger partial charge on any atom is -0.350 e. The number of thioether (sulfide) groups is 1. The largest absolute Gasteiger partial charge is 0.416 e. The standard InChI is InChI=1S/C16H17F3N2O2S/c1-15-6-5-13(22)21(15)12(9-24-15)14(23)20-8-10-3-2-4-11(7-10)16(17,18)19/h2-4,7,12H,5-6,8-9H2,1H3,(H,20,23). The quantitative estimate of drug-likeness (QED) is 0.904. The Balaban J connectivity index is 1.65. The zero-order valence-corrected chi connectivity index (χ0v) is 13.8. The molecule has 1 aromatic carbocycles. The number of hydrogen-bond donors (Lipinski definition) is 1. The average molecular weight is 358 g/mol. The molecule has 0 bridgehead atoms. The van der Waals surface area contributed by atoms with Gasteiger partial charge in [-0.2, -0.15) is 13.2 Å². The fraction of sp³-hybridized carbons (Fsp3) is 0.500. The number of fused-ring (bicyclic) bond motifs is 1. The molecule has 4 nitrogen and oxygen atoms in total. The number of carbonyl (C=O) groups is 2. The second kappa shape index (κ2) is 5.98. The molecule has 8 heteroatoms. The Bertz CT molecular complexity index is 680. The molecule has 130 valence electrons. The third-order valence-electron chi connectivity index (χ3n) is 4.47. The minimum absolute atomic E-state index is 0.00264. The van der Waals surface area contributed by atoms with Crippen molar-refractivity contribution >= 4 is 23.6 Å². The minimum atomic E-state index is -4.41. The molecule has 2 atom stereocenters. The van der Waals surface area contributed by atoms with Gasteiger partial charge in [0, 0.05) is 18.7 Å². The van der Waals surface area contributed by atoms with E-state index in [2.05, 4.69) is 5.32 Å². The van der Waals surface area contributed by atoms with Gasteiger partial charge in [0.2, 0.25) is 11.8 Å². The topological polar surface area (TPSA) is 49.4 Å². The number of carbonyl (C=O) groups excluding carboxylic acids is 2. The molecule has 2 fully saturated rings. The van der Waals surface area contributed by atoms with Gasteiger partial charge in [-0.05, 0) is 31.0 Å². The summed E-state index contributed by atoms with van der Waals surface area (Å²) in [6, 6.07) is 4.31. The van der Waals surface area contributed by atoms with Crippen LogP contribution in [-0.4, -0.2) is 33.4 Å². The number of nitrogens with one attached hydrogen (secondary N) is 1. The predicted molar refractivity (Wildman–Crippen MR) is 84.0 cm³/mol. The fourth-order valence-corrected chi connectivity index (χ4v) is 4.61. The van der Waals surface area contributed by atoms with Crippen molar-refractivity contribution in [2.75, 3.05) is 5.75 Å². The summed E-state index contributed by atoms with van der Waals surface area (Å²) in [6.45, 7) is 1.95. The summed E-state index contributed by atoms with van der Waals surface area (Å²) >= 11 is 1.58. The number of amides is 2. The third kappa shape index (κ3) is 3.11. The van der Waals surface area contributed by atoms with Crippen LogP contribution in [0.3, 0.4) is 0 Å². The molecule has 2 aliphatic rings. The van der Waals surface area contributed by atoms with E-state index >= 15 is 0 Å². The van der Waals surface area contributed by atoms with E-state index in [1.807, 2.05) is 6.92 Å². The lowest BCUT2D eigenvalue weighted by Gasteiger charge is -2.29. The van der Waals surface area contributed by atoms with Gasteiger partial charge in [0.1, 0.15) is 6.04 Å². The third-order valence-corrected chi connectivity index (χ3v) is 5.97. The number of nitrogens with zero attached hydrogens (tertiary/aromatic N) is 1. The van der Waals surface area contributed by atoms with E-state index in [1.54, 1.807) is 16.7 Å². The maximum absolute atomic E-state index is 12.7. The number of hydrogen-bond acceptors (Lipinski definition) is 3. The van der Waals surface area contributed by atoms with E-state index in [0.29, 0.717) is 24.2 Å². The van der Waals surface area contributed by atoms with Crippen LogP contribution in [0.5, 0.6) is 0 Å². The van der Waals surface area contributed by atoms with Gasteiger partial charge < -0.3 is 10.2 Å². The first-order valence-corrected chi connectivity index (χ1v) is 8.59. The van der Waals surface area contributed by atoms with Gasteiger partial charge in [0.05, 0.1) is 10.4 Å². The molecule has 0 spiro atoms.